The van der Waals surface area contributed by atoms with Crippen LogP contribution in [0.4, 0.5) is 10.3 Å². The number of anilines is 1. The highest BCUT2D eigenvalue weighted by Gasteiger charge is 2.51. The van der Waals surface area contributed by atoms with Gasteiger partial charge in [-0.1, -0.05) is 93.6 Å². The molecule has 0 radical (unpaired) electrons. The van der Waals surface area contributed by atoms with Crippen LogP contribution in [0, 0.1) is 0 Å². The number of ether oxygens (including phenoxy) is 2. The van der Waals surface area contributed by atoms with E-state index in [4.69, 9.17) is 18.9 Å². The SMILES string of the molecule is COc1ccc(C(Nc2nc3c(ncn3[C@@H]3O[C@H](CO)[C@@H](O[Si](C)(C)C(C)(C)C)[C@@H]3F)c(=O)[nH]2)(c2ccccc2)c2ccccc2)cc1. The number of hydrogen-bond acceptors (Lipinski definition) is 8. The Morgan fingerprint density at radius 1 is 0.979 bits per heavy atom. The van der Waals surface area contributed by atoms with Crippen molar-refractivity contribution in [3.63, 3.8) is 0 Å². The Labute approximate surface area is 280 Å². The maximum absolute atomic E-state index is 16.4. The number of aromatic nitrogens is 4. The molecule has 5 aromatic rings. The number of hydrogen-bond donors (Lipinski definition) is 3. The first-order valence-electron chi connectivity index (χ1n) is 16.0. The van der Waals surface area contributed by atoms with Gasteiger partial charge < -0.3 is 24.3 Å². The predicted octanol–water partition coefficient (Wildman–Crippen LogP) is 6.15. The first-order chi connectivity index (χ1) is 22.9. The van der Waals surface area contributed by atoms with E-state index in [1.54, 1.807) is 7.11 Å². The van der Waals surface area contributed by atoms with Gasteiger partial charge >= 0.3 is 0 Å². The normalized spacial score (nSPS) is 20.2. The molecule has 12 heteroatoms. The Morgan fingerprint density at radius 2 is 1.56 bits per heavy atom. The van der Waals surface area contributed by atoms with Crippen LogP contribution in [0.3, 0.4) is 0 Å². The van der Waals surface area contributed by atoms with E-state index in [0.717, 1.165) is 16.7 Å². The number of halogens is 1. The summed E-state index contributed by atoms with van der Waals surface area (Å²) in [6.07, 6.45) is -3.44. The maximum atomic E-state index is 16.4. The summed E-state index contributed by atoms with van der Waals surface area (Å²) in [7, 11) is -0.816. The van der Waals surface area contributed by atoms with Crippen LogP contribution in [-0.2, 0) is 14.7 Å². The molecule has 0 amide bonds. The van der Waals surface area contributed by atoms with Crippen LogP contribution in [0.25, 0.3) is 11.2 Å². The average molecular weight is 672 g/mol. The lowest BCUT2D eigenvalue weighted by Crippen LogP contribution is -2.49. The van der Waals surface area contributed by atoms with Crippen LogP contribution < -0.4 is 15.6 Å². The van der Waals surface area contributed by atoms with E-state index in [1.165, 1.54) is 10.9 Å². The van der Waals surface area contributed by atoms with Crippen molar-refractivity contribution in [2.24, 2.45) is 0 Å². The second-order valence-corrected chi connectivity index (χ2v) is 18.4. The first kappa shape index (κ1) is 33.5. The second-order valence-electron chi connectivity index (χ2n) is 13.6. The van der Waals surface area contributed by atoms with Crippen molar-refractivity contribution in [1.82, 2.24) is 19.5 Å². The summed E-state index contributed by atoms with van der Waals surface area (Å²) in [4.78, 5) is 25.5. The molecule has 1 saturated heterocycles. The Morgan fingerprint density at radius 3 is 2.10 bits per heavy atom. The molecule has 48 heavy (non-hydrogen) atoms. The Hall–Kier alpha value is -4.36. The fourth-order valence-corrected chi connectivity index (χ4v) is 7.32. The van der Waals surface area contributed by atoms with Crippen LogP contribution in [0.2, 0.25) is 18.1 Å². The van der Waals surface area contributed by atoms with Gasteiger partial charge in [0.2, 0.25) is 5.95 Å². The van der Waals surface area contributed by atoms with Crippen LogP contribution >= 0.6 is 0 Å². The van der Waals surface area contributed by atoms with Crippen molar-refractivity contribution in [3.8, 4) is 5.75 Å². The highest BCUT2D eigenvalue weighted by molar-refractivity contribution is 6.74. The molecular formula is C36H42FN5O5Si. The molecule has 0 saturated carbocycles. The van der Waals surface area contributed by atoms with E-state index < -0.39 is 50.6 Å². The minimum Gasteiger partial charge on any atom is -0.497 e. The molecule has 1 aliphatic rings. The first-order valence-corrected chi connectivity index (χ1v) is 18.9. The number of nitrogens with one attached hydrogen (secondary N) is 2. The molecule has 3 heterocycles. The summed E-state index contributed by atoms with van der Waals surface area (Å²) in [5.41, 5.74) is 1.25. The number of nitrogens with zero attached hydrogens (tertiary/aromatic N) is 3. The smallest absolute Gasteiger partial charge is 0.280 e. The molecule has 4 atom stereocenters. The highest BCUT2D eigenvalue weighted by atomic mass is 28.4. The van der Waals surface area contributed by atoms with Crippen molar-refractivity contribution >= 4 is 25.4 Å². The Kier molecular flexibility index (Phi) is 9.03. The number of alkyl halides is 1. The zero-order valence-corrected chi connectivity index (χ0v) is 29.0. The highest BCUT2D eigenvalue weighted by Crippen LogP contribution is 2.43. The quantitative estimate of drug-likeness (QED) is 0.119. The number of rotatable bonds is 10. The van der Waals surface area contributed by atoms with E-state index in [0.29, 0.717) is 5.75 Å². The standard InChI is InChI=1S/C36H42FN5O5Si/c1-35(2,3)48(5,6)47-30-27(21-43)46-33(28(30)37)42-22-38-29-31(42)39-34(40-32(29)44)41-36(23-13-9-7-10-14-23,24-15-11-8-12-16-24)25-17-19-26(45-4)20-18-25/h7-20,22,27-28,30,33,43H,21H2,1-6H3,(H2,39,40,41,44)/t27-,28+,30-,33-/m1/s1. The average Bonchev–Trinajstić information content (AvgIpc) is 3.64. The Bertz CT molecular complexity index is 1870. The molecule has 3 N–H and O–H groups in total. The van der Waals surface area contributed by atoms with Gasteiger partial charge in [-0.3, -0.25) is 14.3 Å². The number of H-pyrrole nitrogens is 1. The number of aromatic amines is 1. The van der Waals surface area contributed by atoms with E-state index in [2.05, 4.69) is 36.1 Å². The molecule has 0 aliphatic carbocycles. The monoisotopic (exact) mass is 671 g/mol. The van der Waals surface area contributed by atoms with Crippen molar-refractivity contribution in [2.45, 2.75) is 69.0 Å². The zero-order chi connectivity index (χ0) is 34.3. The second kappa shape index (κ2) is 12.9. The van der Waals surface area contributed by atoms with Gasteiger partial charge in [0.15, 0.2) is 31.9 Å². The number of aliphatic hydroxyl groups is 1. The minimum absolute atomic E-state index is 0.0279. The summed E-state index contributed by atoms with van der Waals surface area (Å²) in [6.45, 7) is 9.83. The van der Waals surface area contributed by atoms with Gasteiger partial charge in [0, 0.05) is 0 Å². The van der Waals surface area contributed by atoms with Gasteiger partial charge in [0.05, 0.1) is 20.0 Å². The largest absolute Gasteiger partial charge is 0.497 e. The summed E-state index contributed by atoms with van der Waals surface area (Å²) in [6, 6.07) is 27.4. The molecule has 3 aromatic carbocycles. The van der Waals surface area contributed by atoms with Crippen molar-refractivity contribution < 1.29 is 23.4 Å². The van der Waals surface area contributed by atoms with Crippen LogP contribution in [0.1, 0.15) is 43.7 Å². The maximum Gasteiger partial charge on any atom is 0.280 e. The van der Waals surface area contributed by atoms with Gasteiger partial charge in [-0.15, -0.1) is 0 Å². The minimum atomic E-state index is -2.43. The van der Waals surface area contributed by atoms with Crippen molar-refractivity contribution in [1.29, 1.82) is 0 Å². The molecule has 1 aliphatic heterocycles. The Balaban J connectivity index is 1.47. The lowest BCUT2D eigenvalue weighted by atomic mass is 9.77. The van der Waals surface area contributed by atoms with Gasteiger partial charge in [0.25, 0.3) is 5.56 Å². The van der Waals surface area contributed by atoms with Crippen molar-refractivity contribution in [2.75, 3.05) is 19.0 Å². The predicted molar refractivity (Wildman–Crippen MR) is 185 cm³/mol. The lowest BCUT2D eigenvalue weighted by Gasteiger charge is -2.39. The number of methoxy groups -OCH3 is 1. The van der Waals surface area contributed by atoms with E-state index in [-0.39, 0.29) is 22.2 Å². The molecule has 2 aromatic heterocycles. The third kappa shape index (κ3) is 5.93. The van der Waals surface area contributed by atoms with E-state index in [9.17, 15) is 9.90 Å². The zero-order valence-electron chi connectivity index (χ0n) is 28.0. The van der Waals surface area contributed by atoms with Crippen LogP contribution in [0.15, 0.2) is 96.1 Å². The van der Waals surface area contributed by atoms with Gasteiger partial charge in [-0.2, -0.15) is 4.98 Å². The number of fused-ring (bicyclic) bond motifs is 1. The van der Waals surface area contributed by atoms with E-state index in [1.807, 2.05) is 98.0 Å². The van der Waals surface area contributed by atoms with Gasteiger partial charge in [0.1, 0.15) is 23.5 Å². The number of aliphatic hydroxyl groups excluding tert-OH is 1. The summed E-state index contributed by atoms with van der Waals surface area (Å²) in [5, 5.41) is 13.6. The fourth-order valence-electron chi connectivity index (χ4n) is 6.01. The number of benzene rings is 3. The molecule has 10 nitrogen and oxygen atoms in total. The van der Waals surface area contributed by atoms with Gasteiger partial charge in [-0.05, 0) is 47.0 Å². The van der Waals surface area contributed by atoms with E-state index >= 15 is 4.39 Å². The third-order valence-electron chi connectivity index (χ3n) is 9.63. The van der Waals surface area contributed by atoms with Gasteiger partial charge in [-0.25, -0.2) is 9.37 Å². The molecular weight excluding hydrogens is 630 g/mol. The molecule has 0 bridgehead atoms. The molecule has 6 rings (SSSR count). The van der Waals surface area contributed by atoms with Crippen LogP contribution in [0.5, 0.6) is 5.75 Å². The topological polar surface area (TPSA) is 124 Å². The lowest BCUT2D eigenvalue weighted by molar-refractivity contribution is -0.0445. The molecule has 1 fully saturated rings. The third-order valence-corrected chi connectivity index (χ3v) is 14.1. The number of imidazole rings is 1. The summed E-state index contributed by atoms with van der Waals surface area (Å²) < 4.78 is 35.7. The summed E-state index contributed by atoms with van der Waals surface area (Å²) >= 11 is 0. The molecule has 0 spiro atoms. The molecule has 0 unspecified atom stereocenters. The van der Waals surface area contributed by atoms with Crippen molar-refractivity contribution in [3.05, 3.63) is 118 Å². The van der Waals surface area contributed by atoms with Crippen LogP contribution in [-0.4, -0.2) is 65.0 Å². The fraction of sp³-hybridized carbons (Fsp3) is 0.361. The molecule has 252 valence electrons. The summed E-state index contributed by atoms with van der Waals surface area (Å²) in [5.74, 6) is 0.832.